The molecule has 20 unspecified atom stereocenters. The number of hydrogen-bond acceptors (Lipinski definition) is 20. The minimum atomic E-state index is -6.22. The molecule has 8 N–H and O–H groups in total. The molecule has 4 saturated carbocycles. The first-order chi connectivity index (χ1) is 26.3. The van der Waals surface area contributed by atoms with Gasteiger partial charge in [-0.3, -0.25) is 42.5 Å². The first-order valence-corrected chi connectivity index (χ1v) is 26.1. The van der Waals surface area contributed by atoms with Crippen molar-refractivity contribution < 1.29 is 107 Å². The zero-order valence-corrected chi connectivity index (χ0v) is 46.2. The summed E-state index contributed by atoms with van der Waals surface area (Å²) in [6, 6.07) is 0. The van der Waals surface area contributed by atoms with Crippen LogP contribution in [0.1, 0.15) is 77.0 Å². The van der Waals surface area contributed by atoms with Crippen LogP contribution in [0.25, 0.3) is 0 Å². The summed E-state index contributed by atoms with van der Waals surface area (Å²) in [5.41, 5.74) is 0. The van der Waals surface area contributed by atoms with Crippen molar-refractivity contribution >= 4 is 40.5 Å². The summed E-state index contributed by atoms with van der Waals surface area (Å²) in [6.07, 6.45) is 6.60. The third kappa shape index (κ3) is 8.45. The predicted molar refractivity (Wildman–Crippen MR) is 193 cm³/mol. The smallest absolute Gasteiger partial charge is 0.748 e. The number of fused-ring (bicyclic) bond motifs is 20. The molecule has 5 aliphatic heterocycles. The van der Waals surface area contributed by atoms with E-state index in [-0.39, 0.29) is 104 Å². The van der Waals surface area contributed by atoms with Gasteiger partial charge in [-0.1, -0.05) is 38.5 Å². The number of nitrogens with one attached hydrogen (secondary N) is 8. The largest absolute Gasteiger partial charge is 2.00 e. The van der Waals surface area contributed by atoms with Crippen LogP contribution < -0.4 is 42.5 Å². The molecule has 8 bridgehead atoms. The van der Waals surface area contributed by atoms with Crippen molar-refractivity contribution in [3.63, 3.8) is 0 Å². The van der Waals surface area contributed by atoms with E-state index in [4.69, 9.17) is 0 Å². The average molecular weight is 1270 g/mol. The SMILES string of the molecule is O=S(=O)([O-])C1C2C3NC4NC(NC5NC(NC6NC(NC(N3)C2C(S(=O)(=O)[O-])C(S(=O)(=O)[O-])C1S(=O)(=O)[O-])C1CCCCC61)C1CCCCC51)C1CCCCC41.[Hg+2].[Hg+2]. The van der Waals surface area contributed by atoms with Gasteiger partial charge in [0.2, 0.25) is 0 Å². The Bertz CT molecular complexity index is 1860. The van der Waals surface area contributed by atoms with Crippen LogP contribution in [0.5, 0.6) is 0 Å². The van der Waals surface area contributed by atoms with Gasteiger partial charge in [-0.25, -0.2) is 33.7 Å². The zero-order valence-electron chi connectivity index (χ0n) is 32.0. The Morgan fingerprint density at radius 1 is 0.293 bits per heavy atom. The molecule has 0 aromatic rings. The molecule has 4 aliphatic carbocycles. The second-order valence-electron chi connectivity index (χ2n) is 18.0. The molecule has 0 aromatic carbocycles. The summed E-state index contributed by atoms with van der Waals surface area (Å²) in [6.45, 7) is 0. The van der Waals surface area contributed by atoms with Crippen molar-refractivity contribution in [3.8, 4) is 0 Å². The summed E-state index contributed by atoms with van der Waals surface area (Å²) in [4.78, 5) is 0. The van der Waals surface area contributed by atoms with Gasteiger partial charge >= 0.3 is 55.3 Å². The normalized spacial score (nSPS) is 49.3. The van der Waals surface area contributed by atoms with E-state index in [1.807, 2.05) is 0 Å². The van der Waals surface area contributed by atoms with Gasteiger partial charge in [0.05, 0.1) is 90.6 Å². The maximum Gasteiger partial charge on any atom is 2.00 e. The van der Waals surface area contributed by atoms with Crippen LogP contribution in [0.3, 0.4) is 0 Å². The van der Waals surface area contributed by atoms with Crippen LogP contribution in [0.2, 0.25) is 0 Å². The van der Waals surface area contributed by atoms with Crippen LogP contribution >= 0.6 is 0 Å². The van der Waals surface area contributed by atoms with E-state index >= 15 is 0 Å². The molecule has 0 aromatic heterocycles. The van der Waals surface area contributed by atoms with Gasteiger partial charge < -0.3 is 18.2 Å². The van der Waals surface area contributed by atoms with E-state index in [0.717, 1.165) is 77.0 Å². The van der Waals surface area contributed by atoms with E-state index in [1.54, 1.807) is 0 Å². The minimum absolute atomic E-state index is 0. The van der Waals surface area contributed by atoms with Gasteiger partial charge in [0.25, 0.3) is 0 Å². The Kier molecular flexibility index (Phi) is 14.0. The van der Waals surface area contributed by atoms with Crippen molar-refractivity contribution in [2.24, 2.45) is 47.3 Å². The summed E-state index contributed by atoms with van der Waals surface area (Å²) in [5.74, 6) is -3.14. The van der Waals surface area contributed by atoms with Crippen molar-refractivity contribution in [1.29, 1.82) is 0 Å². The molecule has 26 heteroatoms. The second-order valence-corrected chi connectivity index (χ2v) is 24.1. The standard InChI is InChI=1S/C32H56N8O12S4.2Hg/c41-53(42,43)21-19-20(22(54(44,45)46)24(56(50,51)52)23(21)55(47,48)49)32-39-30-18-12-6-4-10-16(18)28(37-30)35-26-14-8-2-1-7-13(14)25(33-26)34-27-15-9-3-5-11-17(15)29(36-27)38-31(19)40-32;;/h13-40H,1-12H2,(H,41,42,43)(H,44,45,46)(H,47,48,49)(H,50,51,52);;/q;2*+2/p-4. The summed E-state index contributed by atoms with van der Waals surface area (Å²) in [7, 11) is -24.4. The first-order valence-electron chi connectivity index (χ1n) is 20.2. The van der Waals surface area contributed by atoms with Crippen molar-refractivity contribution in [2.75, 3.05) is 0 Å². The molecular weight excluding hydrogens is 1220 g/mol. The fraction of sp³-hybridized carbons (Fsp3) is 1.00. The van der Waals surface area contributed by atoms with Gasteiger partial charge in [-0.15, -0.1) is 0 Å². The van der Waals surface area contributed by atoms with Crippen molar-refractivity contribution in [3.05, 3.63) is 0 Å². The van der Waals surface area contributed by atoms with Gasteiger partial charge in [0.1, 0.15) is 20.2 Å². The maximum atomic E-state index is 13.3. The van der Waals surface area contributed by atoms with Gasteiger partial charge in [0.15, 0.2) is 0 Å². The monoisotopic (exact) mass is 1270 g/mol. The van der Waals surface area contributed by atoms with E-state index < -0.39 is 98.0 Å². The van der Waals surface area contributed by atoms with Crippen LogP contribution in [-0.4, -0.2) is 122 Å². The molecule has 20 atom stereocenters. The zero-order chi connectivity index (χ0) is 39.7. The van der Waals surface area contributed by atoms with E-state index in [2.05, 4.69) is 42.5 Å². The van der Waals surface area contributed by atoms with Crippen LogP contribution in [0, 0.1) is 47.3 Å². The van der Waals surface area contributed by atoms with E-state index in [9.17, 15) is 51.9 Å². The Hall–Kier alpha value is 1.19. The molecule has 20 nitrogen and oxygen atoms in total. The second kappa shape index (κ2) is 17.2. The molecule has 0 spiro atoms. The summed E-state index contributed by atoms with van der Waals surface area (Å²) < 4.78 is 157. The summed E-state index contributed by atoms with van der Waals surface area (Å²) >= 11 is 0. The topological polar surface area (TPSA) is 325 Å². The van der Waals surface area contributed by atoms with Gasteiger partial charge in [-0.05, 0) is 74.0 Å². The number of hydrogen-bond donors (Lipinski definition) is 8. The third-order valence-electron chi connectivity index (χ3n) is 15.3. The molecule has 9 fully saturated rings. The van der Waals surface area contributed by atoms with Crippen LogP contribution in [0.15, 0.2) is 0 Å². The van der Waals surface area contributed by atoms with Gasteiger partial charge in [0, 0.05) is 11.8 Å². The van der Waals surface area contributed by atoms with Crippen molar-refractivity contribution in [2.45, 2.75) is 147 Å². The predicted octanol–water partition coefficient (Wildman–Crippen LogP) is -3.30. The molecular formula is C32H52Hg2N8O12S4. The Morgan fingerprint density at radius 3 is 0.655 bits per heavy atom. The Morgan fingerprint density at radius 2 is 0.466 bits per heavy atom. The third-order valence-corrected chi connectivity index (χ3v) is 20.9. The number of rotatable bonds is 4. The first kappa shape index (κ1) is 47.2. The van der Waals surface area contributed by atoms with Crippen molar-refractivity contribution in [1.82, 2.24) is 42.5 Å². The molecule has 0 amide bonds. The molecule has 9 rings (SSSR count). The Balaban J connectivity index is 0.00000256. The maximum absolute atomic E-state index is 13.3. The molecule has 9 aliphatic rings. The van der Waals surface area contributed by atoms with Crippen LogP contribution in [0.4, 0.5) is 0 Å². The molecule has 0 radical (unpaired) electrons. The van der Waals surface area contributed by atoms with Gasteiger partial charge in [-0.2, -0.15) is 0 Å². The van der Waals surface area contributed by atoms with E-state index in [1.165, 1.54) is 0 Å². The molecule has 5 heterocycles. The average Bonchev–Trinajstić information content (AvgIpc) is 3.84. The molecule has 58 heavy (non-hydrogen) atoms. The quantitative estimate of drug-likeness (QED) is 0.101. The fourth-order valence-corrected chi connectivity index (χ4v) is 20.5. The molecule has 320 valence electrons. The van der Waals surface area contributed by atoms with Crippen LogP contribution in [-0.2, 0) is 95.8 Å². The fourth-order valence-electron chi connectivity index (χ4n) is 13.4. The van der Waals surface area contributed by atoms with E-state index in [0.29, 0.717) is 11.8 Å². The Labute approximate surface area is 381 Å². The summed E-state index contributed by atoms with van der Waals surface area (Å²) in [5, 5.41) is 16.2. The minimum Gasteiger partial charge on any atom is -0.748 e. The molecule has 5 saturated heterocycles.